The van der Waals surface area contributed by atoms with Gasteiger partial charge in [0, 0.05) is 18.0 Å². The van der Waals surface area contributed by atoms with E-state index in [-0.39, 0.29) is 12.2 Å². The molecule has 1 aliphatic carbocycles. The number of aromatic nitrogens is 2. The van der Waals surface area contributed by atoms with E-state index in [1.54, 1.807) is 35.4 Å². The number of hydrogen-bond acceptors (Lipinski definition) is 5. The number of hydrogen-bond donors (Lipinski definition) is 1. The molecule has 0 saturated heterocycles. The zero-order valence-electron chi connectivity index (χ0n) is 13.9. The molecule has 2 heterocycles. The fourth-order valence-electron chi connectivity index (χ4n) is 3.46. The molecular formula is C19H20N2O4. The van der Waals surface area contributed by atoms with Crippen LogP contribution in [0.4, 0.5) is 0 Å². The maximum Gasteiger partial charge on any atom is 0.339 e. The lowest BCUT2D eigenvalue weighted by molar-refractivity contribution is 0.0931. The molecule has 1 N–H and O–H groups in total. The minimum atomic E-state index is -0.656. The first-order valence-corrected chi connectivity index (χ1v) is 8.56. The third kappa shape index (κ3) is 3.17. The van der Waals surface area contributed by atoms with E-state index in [9.17, 15) is 9.90 Å². The van der Waals surface area contributed by atoms with Gasteiger partial charge in [0.2, 0.25) is 0 Å². The van der Waals surface area contributed by atoms with Crippen LogP contribution >= 0.6 is 0 Å². The van der Waals surface area contributed by atoms with Crippen LogP contribution in [0.1, 0.15) is 24.0 Å². The van der Waals surface area contributed by atoms with Crippen LogP contribution in [0.25, 0.3) is 11.0 Å². The first-order valence-electron chi connectivity index (χ1n) is 8.56. The van der Waals surface area contributed by atoms with Gasteiger partial charge in [0.1, 0.15) is 24.0 Å². The Morgan fingerprint density at radius 2 is 2.12 bits per heavy atom. The SMILES string of the molecule is O=c1oc2cccc(OCC(O)Cn3ccnc3)c2c2c1CCCC2. The second-order valence-electron chi connectivity index (χ2n) is 6.41. The van der Waals surface area contributed by atoms with Gasteiger partial charge in [-0.05, 0) is 43.4 Å². The van der Waals surface area contributed by atoms with Gasteiger partial charge in [-0.15, -0.1) is 0 Å². The molecule has 130 valence electrons. The largest absolute Gasteiger partial charge is 0.490 e. The molecule has 0 saturated carbocycles. The molecule has 6 heteroatoms. The van der Waals surface area contributed by atoms with Crippen LogP contribution < -0.4 is 10.4 Å². The Balaban J connectivity index is 1.62. The van der Waals surface area contributed by atoms with Gasteiger partial charge in [-0.1, -0.05) is 6.07 Å². The normalized spacial score (nSPS) is 15.1. The van der Waals surface area contributed by atoms with E-state index in [1.165, 1.54) is 0 Å². The predicted octanol–water partition coefficient (Wildman–Crippen LogP) is 2.31. The van der Waals surface area contributed by atoms with Crippen molar-refractivity contribution >= 4 is 11.0 Å². The number of imidazole rings is 1. The summed E-state index contributed by atoms with van der Waals surface area (Å²) in [6.07, 6.45) is 8.15. The molecule has 3 aromatic rings. The van der Waals surface area contributed by atoms with Gasteiger partial charge in [0.25, 0.3) is 0 Å². The highest BCUT2D eigenvalue weighted by Crippen LogP contribution is 2.33. The van der Waals surface area contributed by atoms with Gasteiger partial charge in [0.05, 0.1) is 18.3 Å². The number of aryl methyl sites for hydroxylation is 1. The molecule has 0 fully saturated rings. The first-order chi connectivity index (χ1) is 12.2. The third-order valence-corrected chi connectivity index (χ3v) is 4.62. The third-order valence-electron chi connectivity index (χ3n) is 4.62. The molecule has 4 rings (SSSR count). The van der Waals surface area contributed by atoms with E-state index >= 15 is 0 Å². The Morgan fingerprint density at radius 3 is 2.92 bits per heavy atom. The number of fused-ring (bicyclic) bond motifs is 3. The fraction of sp³-hybridized carbons (Fsp3) is 0.368. The van der Waals surface area contributed by atoms with Gasteiger partial charge in [-0.2, -0.15) is 0 Å². The molecule has 0 spiro atoms. The summed E-state index contributed by atoms with van der Waals surface area (Å²) in [6, 6.07) is 5.46. The number of aliphatic hydroxyl groups excluding tert-OH is 1. The number of aliphatic hydroxyl groups is 1. The molecule has 6 nitrogen and oxygen atoms in total. The van der Waals surface area contributed by atoms with Crippen LogP contribution in [0.2, 0.25) is 0 Å². The van der Waals surface area contributed by atoms with Crippen molar-refractivity contribution in [2.24, 2.45) is 0 Å². The maximum absolute atomic E-state index is 12.2. The monoisotopic (exact) mass is 340 g/mol. The van der Waals surface area contributed by atoms with Crippen molar-refractivity contribution in [1.82, 2.24) is 9.55 Å². The lowest BCUT2D eigenvalue weighted by atomic mass is 9.90. The Bertz CT molecular complexity index is 930. The summed E-state index contributed by atoms with van der Waals surface area (Å²) >= 11 is 0. The molecule has 0 aliphatic heterocycles. The fourth-order valence-corrected chi connectivity index (χ4v) is 3.46. The second kappa shape index (κ2) is 6.72. The average Bonchev–Trinajstić information content (AvgIpc) is 3.13. The van der Waals surface area contributed by atoms with Crippen molar-refractivity contribution in [3.05, 3.63) is 58.5 Å². The Morgan fingerprint density at radius 1 is 1.28 bits per heavy atom. The molecule has 1 aliphatic rings. The van der Waals surface area contributed by atoms with Crippen LogP contribution in [0.15, 0.2) is 46.1 Å². The van der Waals surface area contributed by atoms with E-state index in [0.717, 1.165) is 42.2 Å². The van der Waals surface area contributed by atoms with E-state index in [1.807, 2.05) is 6.07 Å². The minimum absolute atomic E-state index is 0.158. The van der Waals surface area contributed by atoms with Crippen LogP contribution in [0.5, 0.6) is 5.75 Å². The van der Waals surface area contributed by atoms with Gasteiger partial charge < -0.3 is 18.8 Å². The summed E-state index contributed by atoms with van der Waals surface area (Å²) in [4.78, 5) is 16.1. The topological polar surface area (TPSA) is 77.5 Å². The highest BCUT2D eigenvalue weighted by Gasteiger charge is 2.20. The number of benzene rings is 1. The summed E-state index contributed by atoms with van der Waals surface area (Å²) in [7, 11) is 0. The Kier molecular flexibility index (Phi) is 4.28. The van der Waals surface area contributed by atoms with Crippen LogP contribution in [-0.4, -0.2) is 27.4 Å². The van der Waals surface area contributed by atoms with Crippen LogP contribution in [-0.2, 0) is 19.4 Å². The molecular weight excluding hydrogens is 320 g/mol. The van der Waals surface area contributed by atoms with Crippen LogP contribution in [0, 0.1) is 0 Å². The smallest absolute Gasteiger partial charge is 0.339 e. The van der Waals surface area contributed by atoms with Crippen LogP contribution in [0.3, 0.4) is 0 Å². The maximum atomic E-state index is 12.2. The van der Waals surface area contributed by atoms with Crippen molar-refractivity contribution < 1.29 is 14.3 Å². The summed E-state index contributed by atoms with van der Waals surface area (Å²) in [5.41, 5.74) is 2.12. The summed E-state index contributed by atoms with van der Waals surface area (Å²) < 4.78 is 13.2. The van der Waals surface area contributed by atoms with Gasteiger partial charge in [-0.25, -0.2) is 9.78 Å². The zero-order chi connectivity index (χ0) is 17.2. The van der Waals surface area contributed by atoms with E-state index < -0.39 is 6.10 Å². The standard InChI is InChI=1S/C19H20N2O4/c22-13(10-21-9-8-20-12-21)11-24-16-6-3-7-17-18(16)14-4-1-2-5-15(14)19(23)25-17/h3,6-9,12-13,22H,1-2,4-5,10-11H2. The number of ether oxygens (including phenoxy) is 1. The Hall–Kier alpha value is -2.60. The molecule has 0 radical (unpaired) electrons. The molecule has 2 aromatic heterocycles. The summed E-state index contributed by atoms with van der Waals surface area (Å²) in [6.45, 7) is 0.573. The number of nitrogens with zero attached hydrogens (tertiary/aromatic N) is 2. The lowest BCUT2D eigenvalue weighted by Gasteiger charge is -2.19. The molecule has 1 aromatic carbocycles. The minimum Gasteiger partial charge on any atom is -0.490 e. The summed E-state index contributed by atoms with van der Waals surface area (Å²) in [5.74, 6) is 0.657. The van der Waals surface area contributed by atoms with Gasteiger partial charge in [0.15, 0.2) is 0 Å². The predicted molar refractivity (Wildman–Crippen MR) is 92.9 cm³/mol. The van der Waals surface area contributed by atoms with Crippen molar-refractivity contribution in [3.63, 3.8) is 0 Å². The lowest BCUT2D eigenvalue weighted by Crippen LogP contribution is -2.23. The highest BCUT2D eigenvalue weighted by molar-refractivity contribution is 5.87. The zero-order valence-corrected chi connectivity index (χ0v) is 13.9. The molecule has 0 bridgehead atoms. The van der Waals surface area contributed by atoms with Crippen molar-refractivity contribution in [3.8, 4) is 5.75 Å². The number of rotatable bonds is 5. The van der Waals surface area contributed by atoms with E-state index in [4.69, 9.17) is 9.15 Å². The quantitative estimate of drug-likeness (QED) is 0.721. The molecule has 1 atom stereocenters. The second-order valence-corrected chi connectivity index (χ2v) is 6.41. The van der Waals surface area contributed by atoms with E-state index in [0.29, 0.717) is 17.9 Å². The van der Waals surface area contributed by atoms with Gasteiger partial charge in [-0.3, -0.25) is 0 Å². The first kappa shape index (κ1) is 15.9. The summed E-state index contributed by atoms with van der Waals surface area (Å²) in [5, 5.41) is 11.1. The van der Waals surface area contributed by atoms with Gasteiger partial charge >= 0.3 is 5.63 Å². The van der Waals surface area contributed by atoms with Crippen molar-refractivity contribution in [2.45, 2.75) is 38.3 Å². The van der Waals surface area contributed by atoms with E-state index in [2.05, 4.69) is 4.98 Å². The van der Waals surface area contributed by atoms with Crippen molar-refractivity contribution in [2.75, 3.05) is 6.61 Å². The average molecular weight is 340 g/mol. The highest BCUT2D eigenvalue weighted by atomic mass is 16.5. The molecule has 1 unspecified atom stereocenters. The molecule has 25 heavy (non-hydrogen) atoms. The Labute approximate surface area is 144 Å². The van der Waals surface area contributed by atoms with Crippen molar-refractivity contribution in [1.29, 1.82) is 0 Å². The molecule has 0 amide bonds.